The molecule has 1 aromatic heterocycles. The molecule has 4 rings (SSSR count). The first kappa shape index (κ1) is 25.9. The molecule has 0 spiro atoms. The van der Waals surface area contributed by atoms with Crippen LogP contribution >= 0.6 is 0 Å². The van der Waals surface area contributed by atoms with Crippen molar-refractivity contribution < 1.29 is 9.59 Å². The number of carbonyl (C=O) groups is 2. The van der Waals surface area contributed by atoms with E-state index in [-0.39, 0.29) is 17.9 Å². The zero-order valence-corrected chi connectivity index (χ0v) is 22.5. The number of carbonyl (C=O) groups excluding carboxylic acids is 2. The van der Waals surface area contributed by atoms with Crippen LogP contribution in [0.5, 0.6) is 0 Å². The molecule has 1 atom stereocenters. The van der Waals surface area contributed by atoms with E-state index in [1.165, 1.54) is 11.1 Å². The summed E-state index contributed by atoms with van der Waals surface area (Å²) in [5, 5.41) is 3.56. The maximum atomic E-state index is 13.2. The van der Waals surface area contributed by atoms with Crippen molar-refractivity contribution in [3.63, 3.8) is 0 Å². The molecule has 1 saturated heterocycles. The van der Waals surface area contributed by atoms with E-state index in [1.807, 2.05) is 23.6 Å². The lowest BCUT2D eigenvalue weighted by atomic mass is 9.97. The standard InChI is InChI=1S/C28H40N6O2/c1-18(2)23-9-7-22(8-10-23)15-20(5)16-29-26-24-17-34(19(3)4)27(36)25(24)30-28(31-26)33-13-11-32(12-14-33)21(6)35/h7-10,18-20H,11-17H2,1-6H3,(H,29,30,31). The Morgan fingerprint density at radius 2 is 1.67 bits per heavy atom. The van der Waals surface area contributed by atoms with E-state index in [9.17, 15) is 9.59 Å². The van der Waals surface area contributed by atoms with Gasteiger partial charge >= 0.3 is 0 Å². The Morgan fingerprint density at radius 1 is 1.00 bits per heavy atom. The topological polar surface area (TPSA) is 81.7 Å². The molecular weight excluding hydrogens is 452 g/mol. The molecule has 0 radical (unpaired) electrons. The highest BCUT2D eigenvalue weighted by atomic mass is 16.2. The Kier molecular flexibility index (Phi) is 7.81. The molecule has 8 heteroatoms. The molecule has 8 nitrogen and oxygen atoms in total. The van der Waals surface area contributed by atoms with Gasteiger partial charge in [-0.05, 0) is 43.2 Å². The van der Waals surface area contributed by atoms with E-state index in [0.29, 0.717) is 56.2 Å². The number of piperazine rings is 1. The highest BCUT2D eigenvalue weighted by Crippen LogP contribution is 2.31. The van der Waals surface area contributed by atoms with Crippen LogP contribution in [0.4, 0.5) is 11.8 Å². The van der Waals surface area contributed by atoms with E-state index >= 15 is 0 Å². The number of fused-ring (bicyclic) bond motifs is 1. The van der Waals surface area contributed by atoms with Crippen LogP contribution in [0.25, 0.3) is 0 Å². The van der Waals surface area contributed by atoms with Gasteiger partial charge in [0.05, 0.1) is 6.54 Å². The summed E-state index contributed by atoms with van der Waals surface area (Å²) in [4.78, 5) is 40.3. The van der Waals surface area contributed by atoms with Gasteiger partial charge < -0.3 is 20.0 Å². The van der Waals surface area contributed by atoms with Crippen LogP contribution in [0, 0.1) is 5.92 Å². The first-order valence-corrected chi connectivity index (χ1v) is 13.2. The first-order chi connectivity index (χ1) is 17.1. The smallest absolute Gasteiger partial charge is 0.273 e. The van der Waals surface area contributed by atoms with Crippen LogP contribution in [0.2, 0.25) is 0 Å². The van der Waals surface area contributed by atoms with Gasteiger partial charge in [-0.2, -0.15) is 4.98 Å². The Hall–Kier alpha value is -3.16. The second kappa shape index (κ2) is 10.8. The number of hydrogen-bond donors (Lipinski definition) is 1. The lowest BCUT2D eigenvalue weighted by Crippen LogP contribution is -2.48. The van der Waals surface area contributed by atoms with Crippen molar-refractivity contribution >= 4 is 23.6 Å². The summed E-state index contributed by atoms with van der Waals surface area (Å²) in [6, 6.07) is 9.00. The fourth-order valence-corrected chi connectivity index (χ4v) is 4.89. The average molecular weight is 493 g/mol. The lowest BCUT2D eigenvalue weighted by molar-refractivity contribution is -0.129. The van der Waals surface area contributed by atoms with Crippen molar-refractivity contribution in [2.75, 3.05) is 42.9 Å². The Balaban J connectivity index is 1.50. The van der Waals surface area contributed by atoms with Crippen LogP contribution in [0.15, 0.2) is 24.3 Å². The molecule has 1 fully saturated rings. The number of hydrogen-bond acceptors (Lipinski definition) is 6. The van der Waals surface area contributed by atoms with Gasteiger partial charge in [0.2, 0.25) is 11.9 Å². The Labute approximate surface area is 215 Å². The lowest BCUT2D eigenvalue weighted by Gasteiger charge is -2.34. The van der Waals surface area contributed by atoms with Gasteiger partial charge in [0, 0.05) is 51.3 Å². The van der Waals surface area contributed by atoms with E-state index in [1.54, 1.807) is 6.92 Å². The van der Waals surface area contributed by atoms with Crippen molar-refractivity contribution in [1.29, 1.82) is 0 Å². The SMILES string of the molecule is CC(=O)N1CCN(c2nc(NCC(C)Cc3ccc(C(C)C)cc3)c3c(n2)C(=O)N(C(C)C)C3)CC1. The number of aromatic nitrogens is 2. The molecule has 0 aliphatic carbocycles. The Bertz CT molecular complexity index is 1090. The van der Waals surface area contributed by atoms with Gasteiger partial charge in [-0.3, -0.25) is 9.59 Å². The number of nitrogens with zero attached hydrogens (tertiary/aromatic N) is 5. The molecular formula is C28H40N6O2. The molecule has 1 unspecified atom stereocenters. The summed E-state index contributed by atoms with van der Waals surface area (Å²) in [6.07, 6.45) is 0.968. The van der Waals surface area contributed by atoms with E-state index in [0.717, 1.165) is 24.3 Å². The van der Waals surface area contributed by atoms with Crippen molar-refractivity contribution in [2.24, 2.45) is 5.92 Å². The minimum atomic E-state index is -0.0348. The van der Waals surface area contributed by atoms with Gasteiger partial charge in [-0.1, -0.05) is 45.0 Å². The third kappa shape index (κ3) is 5.63. The van der Waals surface area contributed by atoms with Gasteiger partial charge in [-0.25, -0.2) is 4.98 Å². The van der Waals surface area contributed by atoms with Crippen molar-refractivity contribution in [3.8, 4) is 0 Å². The van der Waals surface area contributed by atoms with Crippen molar-refractivity contribution in [3.05, 3.63) is 46.6 Å². The summed E-state index contributed by atoms with van der Waals surface area (Å²) in [5.74, 6) is 2.29. The van der Waals surface area contributed by atoms with Gasteiger partial charge in [-0.15, -0.1) is 0 Å². The minimum Gasteiger partial charge on any atom is -0.369 e. The first-order valence-electron chi connectivity index (χ1n) is 13.2. The normalized spacial score (nSPS) is 16.7. The number of amides is 2. The summed E-state index contributed by atoms with van der Waals surface area (Å²) in [5.41, 5.74) is 4.07. The van der Waals surface area contributed by atoms with Crippen LogP contribution in [0.1, 0.15) is 74.6 Å². The molecule has 0 saturated carbocycles. The zero-order valence-electron chi connectivity index (χ0n) is 22.5. The monoisotopic (exact) mass is 492 g/mol. The van der Waals surface area contributed by atoms with Crippen LogP contribution in [0.3, 0.4) is 0 Å². The molecule has 194 valence electrons. The molecule has 0 bridgehead atoms. The minimum absolute atomic E-state index is 0.0348. The van der Waals surface area contributed by atoms with Gasteiger partial charge in [0.15, 0.2) is 0 Å². The fourth-order valence-electron chi connectivity index (χ4n) is 4.89. The summed E-state index contributed by atoms with van der Waals surface area (Å²) >= 11 is 0. The van der Waals surface area contributed by atoms with Crippen LogP contribution in [-0.4, -0.2) is 70.3 Å². The van der Waals surface area contributed by atoms with Crippen LogP contribution < -0.4 is 10.2 Å². The van der Waals surface area contributed by atoms with Crippen molar-refractivity contribution in [1.82, 2.24) is 19.8 Å². The Morgan fingerprint density at radius 3 is 2.25 bits per heavy atom. The van der Waals surface area contributed by atoms with Gasteiger partial charge in [0.25, 0.3) is 5.91 Å². The fraction of sp³-hybridized carbons (Fsp3) is 0.571. The second-order valence-corrected chi connectivity index (χ2v) is 10.8. The highest BCUT2D eigenvalue weighted by molar-refractivity contribution is 5.98. The molecule has 2 amide bonds. The maximum Gasteiger partial charge on any atom is 0.273 e. The van der Waals surface area contributed by atoms with Crippen LogP contribution in [-0.2, 0) is 17.8 Å². The number of benzene rings is 1. The van der Waals surface area contributed by atoms with Crippen molar-refractivity contribution in [2.45, 2.75) is 66.5 Å². The van der Waals surface area contributed by atoms with E-state index in [4.69, 9.17) is 9.97 Å². The summed E-state index contributed by atoms with van der Waals surface area (Å²) in [6.45, 7) is 16.2. The molecule has 2 aliphatic rings. The molecule has 1 N–H and O–H groups in total. The van der Waals surface area contributed by atoms with Gasteiger partial charge in [0.1, 0.15) is 11.5 Å². The molecule has 2 aromatic rings. The average Bonchev–Trinajstić information content (AvgIpc) is 3.19. The predicted molar refractivity (Wildman–Crippen MR) is 143 cm³/mol. The molecule has 36 heavy (non-hydrogen) atoms. The summed E-state index contributed by atoms with van der Waals surface area (Å²) in [7, 11) is 0. The zero-order chi connectivity index (χ0) is 26.0. The highest BCUT2D eigenvalue weighted by Gasteiger charge is 2.35. The molecule has 1 aromatic carbocycles. The third-order valence-electron chi connectivity index (χ3n) is 7.27. The largest absolute Gasteiger partial charge is 0.369 e. The second-order valence-electron chi connectivity index (χ2n) is 10.8. The molecule has 3 heterocycles. The number of anilines is 2. The van der Waals surface area contributed by atoms with E-state index < -0.39 is 0 Å². The third-order valence-corrected chi connectivity index (χ3v) is 7.27. The predicted octanol–water partition coefficient (Wildman–Crippen LogP) is 3.92. The quantitative estimate of drug-likeness (QED) is 0.602. The maximum absolute atomic E-state index is 13.2. The number of nitrogens with one attached hydrogen (secondary N) is 1. The summed E-state index contributed by atoms with van der Waals surface area (Å²) < 4.78 is 0. The number of rotatable bonds is 8. The van der Waals surface area contributed by atoms with E-state index in [2.05, 4.69) is 55.3 Å². The molecule has 2 aliphatic heterocycles.